The molecule has 4 nitrogen and oxygen atoms in total. The minimum Gasteiger partial charge on any atom is -0.352 e. The van der Waals surface area contributed by atoms with Crippen LogP contribution < -0.4 is 5.32 Å². The summed E-state index contributed by atoms with van der Waals surface area (Å²) in [6, 6.07) is 12.0. The third-order valence-corrected chi connectivity index (χ3v) is 7.30. The van der Waals surface area contributed by atoms with Gasteiger partial charge in [-0.2, -0.15) is 0 Å². The molecule has 2 aromatic carbocycles. The van der Waals surface area contributed by atoms with Crippen molar-refractivity contribution in [2.45, 2.75) is 63.9 Å². The summed E-state index contributed by atoms with van der Waals surface area (Å²) in [6.07, 6.45) is 4.23. The Hall–Kier alpha value is -2.05. The second-order valence-electron chi connectivity index (χ2n) is 8.31. The van der Waals surface area contributed by atoms with Crippen molar-refractivity contribution in [2.24, 2.45) is 0 Å². The molecule has 1 aliphatic rings. The minimum absolute atomic E-state index is 0.124. The molecule has 1 saturated carbocycles. The Morgan fingerprint density at radius 2 is 1.91 bits per heavy atom. The summed E-state index contributed by atoms with van der Waals surface area (Å²) in [5.41, 5.74) is 2.47. The molecular weight excluding hydrogens is 447 g/mol. The molecule has 0 saturated heterocycles. The van der Waals surface area contributed by atoms with Crippen LogP contribution in [0.25, 0.3) is 0 Å². The number of nitrogens with zero attached hydrogens (tertiary/aromatic N) is 1. The van der Waals surface area contributed by atoms with Gasteiger partial charge in [-0.05, 0) is 49.9 Å². The maximum absolute atomic E-state index is 14.0. The molecule has 0 radical (unpaired) electrons. The molecule has 0 aromatic heterocycles. The highest BCUT2D eigenvalue weighted by Crippen LogP contribution is 2.25. The van der Waals surface area contributed by atoms with E-state index in [4.69, 9.17) is 11.6 Å². The van der Waals surface area contributed by atoms with Gasteiger partial charge in [0.05, 0.1) is 5.75 Å². The first-order chi connectivity index (χ1) is 15.4. The first kappa shape index (κ1) is 24.6. The van der Waals surface area contributed by atoms with Gasteiger partial charge in [-0.1, -0.05) is 54.8 Å². The second kappa shape index (κ2) is 11.7. The predicted molar refractivity (Wildman–Crippen MR) is 129 cm³/mol. The maximum Gasteiger partial charge on any atom is 0.242 e. The van der Waals surface area contributed by atoms with Crippen LogP contribution in [0.4, 0.5) is 4.39 Å². The molecule has 3 rings (SSSR count). The van der Waals surface area contributed by atoms with E-state index < -0.39 is 6.04 Å². The zero-order valence-electron chi connectivity index (χ0n) is 18.6. The molecule has 1 N–H and O–H groups in total. The van der Waals surface area contributed by atoms with E-state index in [1.807, 2.05) is 31.2 Å². The molecule has 7 heteroatoms. The molecule has 0 heterocycles. The summed E-state index contributed by atoms with van der Waals surface area (Å²) in [4.78, 5) is 27.8. The van der Waals surface area contributed by atoms with E-state index in [0.29, 0.717) is 17.1 Å². The monoisotopic (exact) mass is 476 g/mol. The lowest BCUT2D eigenvalue weighted by Gasteiger charge is -2.30. The first-order valence-corrected chi connectivity index (χ1v) is 12.5. The van der Waals surface area contributed by atoms with Gasteiger partial charge in [0, 0.05) is 28.9 Å². The number of aryl methyl sites for hydroxylation is 1. The van der Waals surface area contributed by atoms with Crippen molar-refractivity contribution in [3.05, 3.63) is 70.0 Å². The molecular formula is C25H30ClFN2O2S. The third kappa shape index (κ3) is 6.48. The molecule has 0 unspecified atom stereocenters. The largest absolute Gasteiger partial charge is 0.352 e. The number of carbonyl (C=O) groups excluding carboxylic acids is 2. The average molecular weight is 477 g/mol. The van der Waals surface area contributed by atoms with Crippen molar-refractivity contribution < 1.29 is 14.0 Å². The van der Waals surface area contributed by atoms with Crippen molar-refractivity contribution >= 4 is 35.2 Å². The van der Waals surface area contributed by atoms with Crippen molar-refractivity contribution in [3.63, 3.8) is 0 Å². The van der Waals surface area contributed by atoms with Crippen LogP contribution >= 0.6 is 23.4 Å². The van der Waals surface area contributed by atoms with Crippen LogP contribution in [0.15, 0.2) is 42.5 Å². The van der Waals surface area contributed by atoms with Gasteiger partial charge in [0.1, 0.15) is 11.9 Å². The van der Waals surface area contributed by atoms with Gasteiger partial charge in [0.15, 0.2) is 0 Å². The number of benzene rings is 2. The molecule has 1 atom stereocenters. The Bertz CT molecular complexity index is 929. The van der Waals surface area contributed by atoms with Crippen LogP contribution in [0.3, 0.4) is 0 Å². The lowest BCUT2D eigenvalue weighted by Crippen LogP contribution is -2.50. The number of thioether (sulfide) groups is 1. The number of hydrogen-bond donors (Lipinski definition) is 1. The Kier molecular flexibility index (Phi) is 9.00. The Balaban J connectivity index is 1.69. The molecule has 0 aliphatic heterocycles. The average Bonchev–Trinajstić information content (AvgIpc) is 3.27. The highest BCUT2D eigenvalue weighted by Gasteiger charge is 2.28. The Morgan fingerprint density at radius 1 is 1.19 bits per heavy atom. The molecule has 32 heavy (non-hydrogen) atoms. The fourth-order valence-electron chi connectivity index (χ4n) is 3.94. The van der Waals surface area contributed by atoms with Crippen LogP contribution in [0.5, 0.6) is 0 Å². The topological polar surface area (TPSA) is 49.4 Å². The second-order valence-corrected chi connectivity index (χ2v) is 9.70. The number of amides is 2. The van der Waals surface area contributed by atoms with E-state index in [0.717, 1.165) is 36.8 Å². The van der Waals surface area contributed by atoms with Gasteiger partial charge in [-0.25, -0.2) is 4.39 Å². The molecule has 1 aliphatic carbocycles. The minimum atomic E-state index is -0.597. The fraction of sp³-hybridized carbons (Fsp3) is 0.440. The molecule has 172 valence electrons. The summed E-state index contributed by atoms with van der Waals surface area (Å²) < 4.78 is 14.0. The van der Waals surface area contributed by atoms with Crippen molar-refractivity contribution in [1.29, 1.82) is 0 Å². The standard InChI is InChI=1S/C25H30ClFN2O2S/c1-17-8-3-4-9-19(17)14-29(18(2)25(31)28-20-10-5-6-11-20)24(30)16-32-15-21-22(26)12-7-13-23(21)27/h3-4,7-9,12-13,18,20H,5-6,10-11,14-16H2,1-2H3,(H,28,31)/t18-/m1/s1. The van der Waals surface area contributed by atoms with Crippen molar-refractivity contribution in [2.75, 3.05) is 5.75 Å². The summed E-state index contributed by atoms with van der Waals surface area (Å²) >= 11 is 7.40. The van der Waals surface area contributed by atoms with Gasteiger partial charge < -0.3 is 10.2 Å². The molecule has 1 fully saturated rings. The molecule has 0 bridgehead atoms. The highest BCUT2D eigenvalue weighted by molar-refractivity contribution is 7.99. The van der Waals surface area contributed by atoms with E-state index >= 15 is 0 Å². The van der Waals surface area contributed by atoms with Crippen molar-refractivity contribution in [3.8, 4) is 0 Å². The van der Waals surface area contributed by atoms with Crippen LogP contribution in [0.1, 0.15) is 49.3 Å². The van der Waals surface area contributed by atoms with Crippen LogP contribution in [-0.2, 0) is 21.9 Å². The zero-order valence-corrected chi connectivity index (χ0v) is 20.1. The number of carbonyl (C=O) groups is 2. The van der Waals surface area contributed by atoms with Crippen molar-refractivity contribution in [1.82, 2.24) is 10.2 Å². The summed E-state index contributed by atoms with van der Waals surface area (Å²) in [7, 11) is 0. The summed E-state index contributed by atoms with van der Waals surface area (Å²) in [6.45, 7) is 4.13. The number of hydrogen-bond acceptors (Lipinski definition) is 3. The normalized spacial score (nSPS) is 14.9. The predicted octanol–water partition coefficient (Wildman–Crippen LogP) is 5.50. The number of rotatable bonds is 9. The quantitative estimate of drug-likeness (QED) is 0.520. The van der Waals surface area contributed by atoms with Gasteiger partial charge in [-0.3, -0.25) is 9.59 Å². The fourth-order valence-corrected chi connectivity index (χ4v) is 5.19. The van der Waals surface area contributed by atoms with Crippen LogP contribution in [0, 0.1) is 12.7 Å². The Morgan fingerprint density at radius 3 is 2.59 bits per heavy atom. The van der Waals surface area contributed by atoms with Gasteiger partial charge >= 0.3 is 0 Å². The van der Waals surface area contributed by atoms with E-state index in [9.17, 15) is 14.0 Å². The highest BCUT2D eigenvalue weighted by atomic mass is 35.5. The number of halogens is 2. The first-order valence-electron chi connectivity index (χ1n) is 11.0. The third-order valence-electron chi connectivity index (χ3n) is 6.00. The maximum atomic E-state index is 14.0. The van der Waals surface area contributed by atoms with Gasteiger partial charge in [-0.15, -0.1) is 11.8 Å². The Labute approximate surface area is 198 Å². The molecule has 0 spiro atoms. The molecule has 2 amide bonds. The smallest absolute Gasteiger partial charge is 0.242 e. The SMILES string of the molecule is Cc1ccccc1CN(C(=O)CSCc1c(F)cccc1Cl)[C@H](C)C(=O)NC1CCCC1. The van der Waals surface area contributed by atoms with Crippen LogP contribution in [0.2, 0.25) is 5.02 Å². The van der Waals surface area contributed by atoms with E-state index in [2.05, 4.69) is 5.32 Å². The van der Waals surface area contributed by atoms with Gasteiger partial charge in [0.25, 0.3) is 0 Å². The number of nitrogens with one attached hydrogen (secondary N) is 1. The lowest BCUT2D eigenvalue weighted by atomic mass is 10.1. The lowest BCUT2D eigenvalue weighted by molar-refractivity contribution is -0.139. The van der Waals surface area contributed by atoms with E-state index in [1.54, 1.807) is 24.0 Å². The van der Waals surface area contributed by atoms with Crippen LogP contribution in [-0.4, -0.2) is 34.6 Å². The zero-order chi connectivity index (χ0) is 23.1. The van der Waals surface area contributed by atoms with E-state index in [1.165, 1.54) is 17.8 Å². The summed E-state index contributed by atoms with van der Waals surface area (Å²) in [5.74, 6) is -0.227. The molecule has 2 aromatic rings. The summed E-state index contributed by atoms with van der Waals surface area (Å²) in [5, 5.41) is 3.46. The van der Waals surface area contributed by atoms with Gasteiger partial charge in [0.2, 0.25) is 11.8 Å². The van der Waals surface area contributed by atoms with E-state index in [-0.39, 0.29) is 35.2 Å².